The van der Waals surface area contributed by atoms with Crippen molar-refractivity contribution in [1.29, 1.82) is 0 Å². The molecule has 0 amide bonds. The fraction of sp³-hybridized carbons (Fsp3) is 0.241. The predicted octanol–water partition coefficient (Wildman–Crippen LogP) is 11.5. The highest BCUT2D eigenvalue weighted by molar-refractivity contribution is 5.79. The van der Waals surface area contributed by atoms with Gasteiger partial charge in [0.1, 0.15) is 24.7 Å². The summed E-state index contributed by atoms with van der Waals surface area (Å²) < 4.78 is 11.9. The molecule has 1 atom stereocenters. The van der Waals surface area contributed by atoms with Crippen LogP contribution in [0.3, 0.4) is 0 Å². The molecular weight excluding hydrogens is 869 g/mol. The summed E-state index contributed by atoms with van der Waals surface area (Å²) >= 11 is 0. The van der Waals surface area contributed by atoms with Crippen LogP contribution in [0.4, 0.5) is 0 Å². The van der Waals surface area contributed by atoms with E-state index < -0.39 is 0 Å². The highest BCUT2D eigenvalue weighted by atomic mass is 16.5. The molecule has 0 saturated heterocycles. The zero-order valence-corrected chi connectivity index (χ0v) is 39.6. The average molecular weight is 927 g/mol. The Morgan fingerprint density at radius 3 is 1.26 bits per heavy atom. The number of hydrogen-bond donors (Lipinski definition) is 2. The molecule has 0 spiro atoms. The lowest BCUT2D eigenvalue weighted by atomic mass is 9.95. The molecule has 0 aliphatic rings. The molecule has 10 aromatic rings. The number of aromatic amines is 2. The van der Waals surface area contributed by atoms with Crippen LogP contribution in [-0.4, -0.2) is 51.2 Å². The number of pyridine rings is 2. The van der Waals surface area contributed by atoms with Gasteiger partial charge in [-0.3, -0.25) is 0 Å². The number of rotatable bonds is 21. The van der Waals surface area contributed by atoms with E-state index in [1.807, 2.05) is 48.5 Å². The van der Waals surface area contributed by atoms with E-state index in [-0.39, 0.29) is 0 Å². The van der Waals surface area contributed by atoms with Crippen LogP contribution in [0.25, 0.3) is 21.8 Å². The molecule has 0 aliphatic heterocycles. The van der Waals surface area contributed by atoms with Gasteiger partial charge in [0.25, 0.3) is 0 Å². The van der Waals surface area contributed by atoms with Crippen molar-refractivity contribution < 1.29 is 9.47 Å². The van der Waals surface area contributed by atoms with E-state index in [1.54, 1.807) is 0 Å². The van der Waals surface area contributed by atoms with Crippen LogP contribution < -0.4 is 9.47 Å². The molecule has 0 aliphatic carbocycles. The number of fused-ring (bicyclic) bond motifs is 2. The molecule has 70 heavy (non-hydrogen) atoms. The first-order valence-corrected chi connectivity index (χ1v) is 24.3. The summed E-state index contributed by atoms with van der Waals surface area (Å²) in [4.78, 5) is 9.35. The lowest BCUT2D eigenvalue weighted by Gasteiger charge is -2.11. The average Bonchev–Trinajstić information content (AvgIpc) is 4.14. The van der Waals surface area contributed by atoms with Crippen molar-refractivity contribution >= 4 is 21.8 Å². The molecule has 0 bridgehead atoms. The van der Waals surface area contributed by atoms with Crippen LogP contribution in [0.5, 0.6) is 11.5 Å². The Kier molecular flexibility index (Phi) is 16.3. The van der Waals surface area contributed by atoms with Crippen LogP contribution in [0, 0.1) is 0 Å². The fourth-order valence-corrected chi connectivity index (χ4v) is 8.47. The van der Waals surface area contributed by atoms with E-state index in [9.17, 15) is 0 Å². The number of tetrazole rings is 2. The van der Waals surface area contributed by atoms with Gasteiger partial charge in [-0.15, -0.1) is 20.4 Å². The lowest BCUT2D eigenvalue weighted by Crippen LogP contribution is -2.01. The third-order valence-electron chi connectivity index (χ3n) is 12.5. The Labute approximate surface area is 409 Å². The summed E-state index contributed by atoms with van der Waals surface area (Å²) in [5.41, 5.74) is 11.9. The molecule has 4 aromatic heterocycles. The van der Waals surface area contributed by atoms with Gasteiger partial charge in [-0.2, -0.15) is 10.4 Å². The summed E-state index contributed by atoms with van der Waals surface area (Å²) in [6, 6.07) is 59.3. The molecule has 0 saturated carbocycles. The summed E-state index contributed by atoms with van der Waals surface area (Å²) in [5.74, 6) is 3.64. The normalized spacial score (nSPS) is 11.6. The van der Waals surface area contributed by atoms with E-state index >= 15 is 0 Å². The summed E-state index contributed by atoms with van der Waals surface area (Å²) in [7, 11) is 0. The molecule has 0 radical (unpaired) electrons. The number of benzene rings is 6. The molecule has 12 heteroatoms. The number of nitrogens with zero attached hydrogens (tertiary/aromatic N) is 8. The number of para-hydroxylation sites is 2. The van der Waals surface area contributed by atoms with E-state index in [2.05, 4.69) is 179 Å². The molecule has 2 N–H and O–H groups in total. The fourth-order valence-electron chi connectivity index (χ4n) is 8.47. The van der Waals surface area contributed by atoms with Crippen molar-refractivity contribution in [3.63, 3.8) is 0 Å². The Bertz CT molecular complexity index is 3110. The van der Waals surface area contributed by atoms with Crippen LogP contribution in [0.2, 0.25) is 0 Å². The minimum Gasteiger partial charge on any atom is -0.487 e. The SMILES string of the molecule is CC(Cc1nn[nH]n1)c1ccc(CCCc2ccc(OCc3ccc4ccccc4n3)cc2)cc1.c1ccc2nc(COc3ccc(CCCc4ccc(CCCc5nn[nH]n5)cc4)cc3)ccc2c1. The highest BCUT2D eigenvalue weighted by Crippen LogP contribution is 2.22. The molecular formula is C58H58N10O2. The van der Waals surface area contributed by atoms with Gasteiger partial charge < -0.3 is 9.47 Å². The second-order valence-electron chi connectivity index (χ2n) is 17.7. The second kappa shape index (κ2) is 24.2. The van der Waals surface area contributed by atoms with Crippen molar-refractivity contribution in [2.75, 3.05) is 0 Å². The Morgan fingerprint density at radius 1 is 0.414 bits per heavy atom. The maximum Gasteiger partial charge on any atom is 0.175 e. The third-order valence-corrected chi connectivity index (χ3v) is 12.5. The van der Waals surface area contributed by atoms with Gasteiger partial charge in [0.15, 0.2) is 11.6 Å². The van der Waals surface area contributed by atoms with Crippen molar-refractivity contribution in [3.8, 4) is 11.5 Å². The second-order valence-corrected chi connectivity index (χ2v) is 17.7. The Balaban J connectivity index is 0.000000174. The third kappa shape index (κ3) is 14.0. The quantitative estimate of drug-likeness (QED) is 0.0712. The van der Waals surface area contributed by atoms with E-state index in [1.165, 1.54) is 33.4 Å². The lowest BCUT2D eigenvalue weighted by molar-refractivity contribution is 0.301. The smallest absolute Gasteiger partial charge is 0.175 e. The first-order chi connectivity index (χ1) is 34.5. The highest BCUT2D eigenvalue weighted by Gasteiger charge is 2.10. The molecule has 6 aromatic carbocycles. The topological polar surface area (TPSA) is 153 Å². The van der Waals surface area contributed by atoms with E-state index in [0.29, 0.717) is 19.1 Å². The van der Waals surface area contributed by atoms with Gasteiger partial charge >= 0.3 is 0 Å². The number of aryl methyl sites for hydroxylation is 6. The van der Waals surface area contributed by atoms with Gasteiger partial charge in [0, 0.05) is 23.6 Å². The summed E-state index contributed by atoms with van der Waals surface area (Å²) in [5, 5.41) is 30.6. The van der Waals surface area contributed by atoms with Crippen molar-refractivity contribution in [2.24, 2.45) is 0 Å². The zero-order chi connectivity index (χ0) is 47.6. The number of aromatic nitrogens is 10. The largest absolute Gasteiger partial charge is 0.487 e. The van der Waals surface area contributed by atoms with Gasteiger partial charge in [0.05, 0.1) is 22.4 Å². The molecule has 352 valence electrons. The van der Waals surface area contributed by atoms with Gasteiger partial charge in [-0.25, -0.2) is 9.97 Å². The minimum absolute atomic E-state index is 0.361. The van der Waals surface area contributed by atoms with Crippen molar-refractivity contribution in [3.05, 3.63) is 226 Å². The van der Waals surface area contributed by atoms with Crippen molar-refractivity contribution in [2.45, 2.75) is 90.3 Å². The Morgan fingerprint density at radius 2 is 0.814 bits per heavy atom. The maximum absolute atomic E-state index is 5.96. The number of nitrogens with one attached hydrogen (secondary N) is 2. The standard InChI is InChI=1S/2C29H29N5O/c1-21(19-29-31-33-34-32-29)24-13-9-22(10-14-24)5-4-6-23-11-17-27(18-12-23)35-20-26-16-15-25-7-2-3-8-28(25)30-26;1-2-9-28-25(8-1)17-18-26(30-28)21-35-27-19-15-24(16-20-27)6-3-5-22-11-13-23(14-12-22)7-4-10-29-31-33-34-32-29/h2-3,7-18,21H,4-6,19-20H2,1H3,(H,31,32,33,34);1-2,8-9,11-20H,3-7,10,21H2,(H,31,32,33,34). The Hall–Kier alpha value is -8.12. The van der Waals surface area contributed by atoms with E-state index in [4.69, 9.17) is 9.47 Å². The van der Waals surface area contributed by atoms with Gasteiger partial charge in [0.2, 0.25) is 0 Å². The first kappa shape index (κ1) is 47.0. The summed E-state index contributed by atoms with van der Waals surface area (Å²) in [6.07, 6.45) is 10.2. The van der Waals surface area contributed by atoms with Crippen LogP contribution in [0.1, 0.15) is 88.5 Å². The molecule has 10 rings (SSSR count). The minimum atomic E-state index is 0.361. The number of hydrogen-bond acceptors (Lipinski definition) is 10. The van der Waals surface area contributed by atoms with Crippen molar-refractivity contribution in [1.82, 2.24) is 51.2 Å². The van der Waals surface area contributed by atoms with Gasteiger partial charge in [-0.05, 0) is 139 Å². The molecule has 0 fully saturated rings. The first-order valence-electron chi connectivity index (χ1n) is 24.3. The van der Waals surface area contributed by atoms with E-state index in [0.717, 1.165) is 121 Å². The monoisotopic (exact) mass is 926 g/mol. The van der Waals surface area contributed by atoms with Crippen LogP contribution in [0.15, 0.2) is 170 Å². The molecule has 4 heterocycles. The van der Waals surface area contributed by atoms with Crippen LogP contribution >= 0.6 is 0 Å². The zero-order valence-electron chi connectivity index (χ0n) is 39.6. The van der Waals surface area contributed by atoms with Crippen LogP contribution in [-0.2, 0) is 58.2 Å². The summed E-state index contributed by atoms with van der Waals surface area (Å²) in [6.45, 7) is 3.13. The molecule has 1 unspecified atom stereocenters. The van der Waals surface area contributed by atoms with Gasteiger partial charge in [-0.1, -0.05) is 139 Å². The number of ether oxygens (including phenoxy) is 2. The maximum atomic E-state index is 5.96. The molecule has 12 nitrogen and oxygen atoms in total. The number of H-pyrrole nitrogens is 2. The predicted molar refractivity (Wildman–Crippen MR) is 274 cm³/mol.